The van der Waals surface area contributed by atoms with Crippen LogP contribution in [-0.4, -0.2) is 29.5 Å². The highest BCUT2D eigenvalue weighted by Gasteiger charge is 2.21. The van der Waals surface area contributed by atoms with E-state index in [1.54, 1.807) is 19.1 Å². The summed E-state index contributed by atoms with van der Waals surface area (Å²) in [7, 11) is 0. The molecule has 0 bridgehead atoms. The predicted molar refractivity (Wildman–Crippen MR) is 81.3 cm³/mol. The van der Waals surface area contributed by atoms with E-state index in [1.807, 2.05) is 6.07 Å². The first kappa shape index (κ1) is 15.3. The van der Waals surface area contributed by atoms with Crippen molar-refractivity contribution in [3.63, 3.8) is 0 Å². The van der Waals surface area contributed by atoms with Crippen molar-refractivity contribution in [2.45, 2.75) is 32.1 Å². The van der Waals surface area contributed by atoms with Crippen LogP contribution in [0.4, 0.5) is 5.69 Å². The van der Waals surface area contributed by atoms with Crippen molar-refractivity contribution in [3.05, 3.63) is 39.4 Å². The highest BCUT2D eigenvalue weighted by molar-refractivity contribution is 6.21. The summed E-state index contributed by atoms with van der Waals surface area (Å²) in [5, 5.41) is 10.8. The van der Waals surface area contributed by atoms with E-state index in [2.05, 4.69) is 11.8 Å². The van der Waals surface area contributed by atoms with Crippen LogP contribution < -0.4 is 0 Å². The molecule has 0 aliphatic carbocycles. The minimum Gasteiger partial charge on any atom is -0.302 e. The number of alkyl halides is 1. The third-order valence-electron chi connectivity index (χ3n) is 4.09. The van der Waals surface area contributed by atoms with Gasteiger partial charge in [0.05, 0.1) is 10.3 Å². The van der Waals surface area contributed by atoms with Gasteiger partial charge < -0.3 is 4.90 Å². The fraction of sp³-hybridized carbons (Fsp3) is 0.600. The van der Waals surface area contributed by atoms with Gasteiger partial charge in [-0.25, -0.2) is 0 Å². The standard InChI is InChI=1S/C15H21ClN2O2/c1-11-5-7-17(8-6-11)10-14(16)13-4-3-12(2)15(9-13)18(19)20/h3-4,9,11,14H,5-8,10H2,1-2H3. The Hall–Kier alpha value is -1.13. The first-order chi connectivity index (χ1) is 9.47. The molecule has 0 saturated carbocycles. The van der Waals surface area contributed by atoms with E-state index in [1.165, 1.54) is 12.8 Å². The van der Waals surface area contributed by atoms with E-state index in [4.69, 9.17) is 11.6 Å². The molecule has 0 radical (unpaired) electrons. The van der Waals surface area contributed by atoms with Crippen molar-refractivity contribution in [1.82, 2.24) is 4.90 Å². The van der Waals surface area contributed by atoms with Gasteiger partial charge in [0.2, 0.25) is 0 Å². The number of nitrogens with zero attached hydrogens (tertiary/aromatic N) is 2. The molecule has 2 rings (SSSR count). The normalized spacial score (nSPS) is 18.9. The molecule has 1 aromatic rings. The Kier molecular flexibility index (Phi) is 5.00. The maximum atomic E-state index is 11.0. The molecule has 1 heterocycles. The van der Waals surface area contributed by atoms with Gasteiger partial charge >= 0.3 is 0 Å². The molecule has 1 aromatic carbocycles. The highest BCUT2D eigenvalue weighted by Crippen LogP contribution is 2.28. The van der Waals surface area contributed by atoms with Crippen LogP contribution in [0, 0.1) is 23.0 Å². The van der Waals surface area contributed by atoms with Gasteiger partial charge in [-0.05, 0) is 44.3 Å². The zero-order valence-electron chi connectivity index (χ0n) is 12.0. The summed E-state index contributed by atoms with van der Waals surface area (Å²) in [5.74, 6) is 0.792. The topological polar surface area (TPSA) is 46.4 Å². The Bertz CT molecular complexity index is 485. The molecule has 0 amide bonds. The number of benzene rings is 1. The quantitative estimate of drug-likeness (QED) is 0.481. The molecule has 1 fully saturated rings. The van der Waals surface area contributed by atoms with Gasteiger partial charge in [-0.2, -0.15) is 0 Å². The van der Waals surface area contributed by atoms with E-state index in [9.17, 15) is 10.1 Å². The van der Waals surface area contributed by atoms with Gasteiger partial charge in [0.15, 0.2) is 0 Å². The molecule has 20 heavy (non-hydrogen) atoms. The number of aryl methyl sites for hydroxylation is 1. The van der Waals surface area contributed by atoms with Crippen molar-refractivity contribution >= 4 is 17.3 Å². The molecule has 1 aliphatic rings. The van der Waals surface area contributed by atoms with E-state index in [-0.39, 0.29) is 16.0 Å². The average molecular weight is 297 g/mol. The summed E-state index contributed by atoms with van der Waals surface area (Å²) < 4.78 is 0. The second-order valence-corrected chi connectivity index (χ2v) is 6.28. The minimum atomic E-state index is -0.342. The lowest BCUT2D eigenvalue weighted by molar-refractivity contribution is -0.385. The first-order valence-corrected chi connectivity index (χ1v) is 7.52. The van der Waals surface area contributed by atoms with Gasteiger partial charge in [-0.1, -0.05) is 19.1 Å². The summed E-state index contributed by atoms with van der Waals surface area (Å²) in [6.07, 6.45) is 2.41. The molecular weight excluding hydrogens is 276 g/mol. The fourth-order valence-corrected chi connectivity index (χ4v) is 2.93. The zero-order chi connectivity index (χ0) is 14.7. The Labute approximate surface area is 124 Å². The number of rotatable bonds is 4. The van der Waals surface area contributed by atoms with Gasteiger partial charge in [0.25, 0.3) is 5.69 Å². The average Bonchev–Trinajstić information content (AvgIpc) is 2.41. The molecule has 1 atom stereocenters. The number of nitro groups is 1. The Morgan fingerprint density at radius 1 is 1.45 bits per heavy atom. The Morgan fingerprint density at radius 2 is 2.10 bits per heavy atom. The van der Waals surface area contributed by atoms with Gasteiger partial charge in [-0.15, -0.1) is 11.6 Å². The van der Waals surface area contributed by atoms with Crippen LogP contribution in [0.3, 0.4) is 0 Å². The number of halogens is 1. The molecule has 0 aromatic heterocycles. The predicted octanol–water partition coefficient (Wildman–Crippen LogP) is 3.92. The van der Waals surface area contributed by atoms with E-state index >= 15 is 0 Å². The second-order valence-electron chi connectivity index (χ2n) is 5.75. The Balaban J connectivity index is 2.03. The molecule has 5 heteroatoms. The van der Waals surface area contributed by atoms with Crippen molar-refractivity contribution in [3.8, 4) is 0 Å². The lowest BCUT2D eigenvalue weighted by Gasteiger charge is -2.31. The third-order valence-corrected chi connectivity index (χ3v) is 4.48. The van der Waals surface area contributed by atoms with Crippen LogP contribution in [0.15, 0.2) is 18.2 Å². The summed E-state index contributed by atoms with van der Waals surface area (Å²) in [6, 6.07) is 5.28. The minimum absolute atomic E-state index is 0.153. The van der Waals surface area contributed by atoms with Gasteiger partial charge in [0, 0.05) is 18.2 Å². The monoisotopic (exact) mass is 296 g/mol. The van der Waals surface area contributed by atoms with Gasteiger partial charge in [-0.3, -0.25) is 10.1 Å². The molecule has 1 saturated heterocycles. The molecule has 0 N–H and O–H groups in total. The number of hydrogen-bond donors (Lipinski definition) is 0. The van der Waals surface area contributed by atoms with Crippen LogP contribution in [0.2, 0.25) is 0 Å². The summed E-state index contributed by atoms with van der Waals surface area (Å²) in [5.41, 5.74) is 1.66. The second kappa shape index (κ2) is 6.55. The maximum Gasteiger partial charge on any atom is 0.272 e. The highest BCUT2D eigenvalue weighted by atomic mass is 35.5. The van der Waals surface area contributed by atoms with Crippen molar-refractivity contribution in [2.75, 3.05) is 19.6 Å². The van der Waals surface area contributed by atoms with Crippen LogP contribution in [-0.2, 0) is 0 Å². The molecule has 4 nitrogen and oxygen atoms in total. The zero-order valence-corrected chi connectivity index (χ0v) is 12.8. The molecule has 1 aliphatic heterocycles. The van der Waals surface area contributed by atoms with Crippen LogP contribution in [0.5, 0.6) is 0 Å². The molecule has 0 spiro atoms. The van der Waals surface area contributed by atoms with E-state index in [0.717, 1.165) is 31.1 Å². The number of hydrogen-bond acceptors (Lipinski definition) is 3. The van der Waals surface area contributed by atoms with Crippen LogP contribution in [0.1, 0.15) is 36.3 Å². The van der Waals surface area contributed by atoms with Crippen molar-refractivity contribution < 1.29 is 4.92 Å². The molecule has 110 valence electrons. The van der Waals surface area contributed by atoms with E-state index in [0.29, 0.717) is 5.56 Å². The summed E-state index contributed by atoms with van der Waals surface area (Å²) in [6.45, 7) is 6.92. The number of piperidine rings is 1. The number of likely N-dealkylation sites (tertiary alicyclic amines) is 1. The maximum absolute atomic E-state index is 11.0. The van der Waals surface area contributed by atoms with Gasteiger partial charge in [0.1, 0.15) is 0 Å². The molecular formula is C15H21ClN2O2. The summed E-state index contributed by atoms with van der Waals surface area (Å²) >= 11 is 6.44. The van der Waals surface area contributed by atoms with Crippen molar-refractivity contribution in [2.24, 2.45) is 5.92 Å². The first-order valence-electron chi connectivity index (χ1n) is 7.08. The SMILES string of the molecule is Cc1ccc(C(Cl)CN2CCC(C)CC2)cc1[N+](=O)[O-]. The largest absolute Gasteiger partial charge is 0.302 e. The smallest absolute Gasteiger partial charge is 0.272 e. The summed E-state index contributed by atoms with van der Waals surface area (Å²) in [4.78, 5) is 13.0. The lowest BCUT2D eigenvalue weighted by Crippen LogP contribution is -2.35. The number of nitro benzene ring substituents is 1. The van der Waals surface area contributed by atoms with E-state index < -0.39 is 0 Å². The Morgan fingerprint density at radius 3 is 2.70 bits per heavy atom. The third kappa shape index (κ3) is 3.70. The fourth-order valence-electron chi connectivity index (χ4n) is 2.59. The van der Waals surface area contributed by atoms with Crippen molar-refractivity contribution in [1.29, 1.82) is 0 Å². The van der Waals surface area contributed by atoms with Crippen LogP contribution in [0.25, 0.3) is 0 Å². The lowest BCUT2D eigenvalue weighted by atomic mass is 9.98. The van der Waals surface area contributed by atoms with Crippen LogP contribution >= 0.6 is 11.6 Å². The molecule has 1 unspecified atom stereocenters.